The second-order valence-electron chi connectivity index (χ2n) is 5.41. The van der Waals surface area contributed by atoms with Gasteiger partial charge < -0.3 is 24.1 Å². The van der Waals surface area contributed by atoms with Crippen molar-refractivity contribution >= 4 is 13.8 Å². The first-order valence-corrected chi connectivity index (χ1v) is 7.36. The predicted octanol–water partition coefficient (Wildman–Crippen LogP) is -0.983. The molecule has 0 aromatic rings. The molecular weight excluding hydrogens is 289 g/mol. The zero-order valence-electron chi connectivity index (χ0n) is 12.1. The molecule has 0 heterocycles. The van der Waals surface area contributed by atoms with Crippen LogP contribution in [0.2, 0.25) is 0 Å². The van der Waals surface area contributed by atoms with E-state index in [1.807, 2.05) is 0 Å². The number of hydrogen-bond acceptors (Lipinski definition) is 7. The van der Waals surface area contributed by atoms with Gasteiger partial charge in [0.15, 0.2) is 0 Å². The van der Waals surface area contributed by atoms with Gasteiger partial charge in [-0.05, 0) is 6.92 Å². The highest BCUT2D eigenvalue weighted by Gasteiger charge is 2.33. The van der Waals surface area contributed by atoms with Gasteiger partial charge in [0.05, 0.1) is 27.2 Å². The van der Waals surface area contributed by atoms with Crippen molar-refractivity contribution in [2.45, 2.75) is 25.2 Å². The van der Waals surface area contributed by atoms with Crippen molar-refractivity contribution in [3.63, 3.8) is 0 Å². The SMILES string of the molecule is C=CC(=O)OP(=O)([O-])OC(C[N+](C)(C)C)C(O)C(C)O. The van der Waals surface area contributed by atoms with E-state index < -0.39 is 32.1 Å². The van der Waals surface area contributed by atoms with Crippen LogP contribution in [-0.2, 0) is 18.4 Å². The van der Waals surface area contributed by atoms with Gasteiger partial charge in [-0.2, -0.15) is 0 Å². The number of phosphoric acid groups is 1. The van der Waals surface area contributed by atoms with Crippen molar-refractivity contribution in [3.8, 4) is 0 Å². The van der Waals surface area contributed by atoms with Crippen LogP contribution in [0.4, 0.5) is 0 Å². The highest BCUT2D eigenvalue weighted by atomic mass is 31.2. The third-order valence-electron chi connectivity index (χ3n) is 2.24. The van der Waals surface area contributed by atoms with Gasteiger partial charge in [-0.1, -0.05) is 6.58 Å². The molecule has 0 saturated heterocycles. The first kappa shape index (κ1) is 19.2. The molecule has 8 nitrogen and oxygen atoms in total. The molecule has 9 heteroatoms. The second-order valence-corrected chi connectivity index (χ2v) is 6.70. The first-order valence-electron chi connectivity index (χ1n) is 5.90. The lowest BCUT2D eigenvalue weighted by Crippen LogP contribution is -2.50. The average Bonchev–Trinajstić information content (AvgIpc) is 2.23. The molecule has 0 radical (unpaired) electrons. The van der Waals surface area contributed by atoms with Crippen LogP contribution in [0.3, 0.4) is 0 Å². The van der Waals surface area contributed by atoms with Crippen LogP contribution >= 0.6 is 7.82 Å². The lowest BCUT2D eigenvalue weighted by Gasteiger charge is -2.35. The van der Waals surface area contributed by atoms with Crippen LogP contribution in [0.25, 0.3) is 0 Å². The summed E-state index contributed by atoms with van der Waals surface area (Å²) in [5, 5.41) is 19.2. The maximum Gasteiger partial charge on any atom is 0.335 e. The zero-order chi connectivity index (χ0) is 16.1. The Labute approximate surface area is 118 Å². The molecule has 4 unspecified atom stereocenters. The number of carbonyl (C=O) groups excluding carboxylic acids is 1. The molecule has 0 spiro atoms. The summed E-state index contributed by atoms with van der Waals surface area (Å²) in [6.45, 7) is 4.43. The predicted molar refractivity (Wildman–Crippen MR) is 69.4 cm³/mol. The van der Waals surface area contributed by atoms with E-state index in [0.717, 1.165) is 0 Å². The minimum absolute atomic E-state index is 0.0733. The van der Waals surface area contributed by atoms with Gasteiger partial charge in [0.1, 0.15) is 18.8 Å². The molecule has 0 aromatic heterocycles. The molecule has 0 aliphatic heterocycles. The van der Waals surface area contributed by atoms with E-state index in [4.69, 9.17) is 4.52 Å². The Morgan fingerprint density at radius 3 is 2.30 bits per heavy atom. The van der Waals surface area contributed by atoms with Crippen molar-refractivity contribution in [2.24, 2.45) is 0 Å². The minimum atomic E-state index is -4.95. The molecule has 0 fully saturated rings. The Morgan fingerprint density at radius 2 is 1.95 bits per heavy atom. The molecule has 0 aromatic carbocycles. The van der Waals surface area contributed by atoms with E-state index in [0.29, 0.717) is 6.08 Å². The first-order chi connectivity index (χ1) is 8.88. The quantitative estimate of drug-likeness (QED) is 0.336. The largest absolute Gasteiger partial charge is 0.746 e. The summed E-state index contributed by atoms with van der Waals surface area (Å²) in [5.41, 5.74) is 0. The Kier molecular flexibility index (Phi) is 7.03. The van der Waals surface area contributed by atoms with Gasteiger partial charge in [-0.25, -0.2) is 4.79 Å². The van der Waals surface area contributed by atoms with E-state index in [-0.39, 0.29) is 11.0 Å². The smallest absolute Gasteiger partial charge is 0.335 e. The number of hydrogen-bond donors (Lipinski definition) is 2. The highest BCUT2D eigenvalue weighted by Crippen LogP contribution is 2.41. The molecule has 0 rings (SSSR count). The summed E-state index contributed by atoms with van der Waals surface area (Å²) in [5.74, 6) is -1.18. The van der Waals surface area contributed by atoms with Crippen LogP contribution in [0.15, 0.2) is 12.7 Å². The molecule has 4 atom stereocenters. The van der Waals surface area contributed by atoms with Gasteiger partial charge in [0, 0.05) is 6.08 Å². The molecule has 0 saturated carbocycles. The topological polar surface area (TPSA) is 116 Å². The van der Waals surface area contributed by atoms with Crippen LogP contribution in [-0.4, -0.2) is 66.7 Å². The summed E-state index contributed by atoms with van der Waals surface area (Å²) in [6.07, 6.45) is -3.23. The van der Waals surface area contributed by atoms with Crippen LogP contribution in [0, 0.1) is 0 Å². The third-order valence-corrected chi connectivity index (χ3v) is 3.17. The summed E-state index contributed by atoms with van der Waals surface area (Å²) in [4.78, 5) is 22.4. The van der Waals surface area contributed by atoms with Gasteiger partial charge in [-0.3, -0.25) is 9.09 Å². The molecule has 0 aliphatic rings. The summed E-state index contributed by atoms with van der Waals surface area (Å²) < 4.78 is 20.6. The molecule has 0 amide bonds. The lowest BCUT2D eigenvalue weighted by atomic mass is 10.1. The van der Waals surface area contributed by atoms with Crippen molar-refractivity contribution in [3.05, 3.63) is 12.7 Å². The molecule has 20 heavy (non-hydrogen) atoms. The van der Waals surface area contributed by atoms with Crippen LogP contribution in [0.5, 0.6) is 0 Å². The fourth-order valence-electron chi connectivity index (χ4n) is 1.39. The minimum Gasteiger partial charge on any atom is -0.746 e. The van der Waals surface area contributed by atoms with E-state index in [1.165, 1.54) is 6.92 Å². The van der Waals surface area contributed by atoms with E-state index in [1.54, 1.807) is 21.1 Å². The normalized spacial score (nSPS) is 19.6. The number of nitrogens with zero attached hydrogens (tertiary/aromatic N) is 1. The third kappa shape index (κ3) is 7.74. The van der Waals surface area contributed by atoms with Gasteiger partial charge >= 0.3 is 13.8 Å². The number of carbonyl (C=O) groups is 1. The molecule has 0 aliphatic carbocycles. The Bertz CT molecular complexity index is 391. The van der Waals surface area contributed by atoms with E-state index in [9.17, 15) is 24.5 Å². The number of quaternary nitrogens is 1. The number of aliphatic hydroxyl groups is 2. The molecule has 0 bridgehead atoms. The zero-order valence-corrected chi connectivity index (χ0v) is 12.9. The second kappa shape index (κ2) is 7.31. The van der Waals surface area contributed by atoms with Crippen molar-refractivity contribution < 1.29 is 38.0 Å². The van der Waals surface area contributed by atoms with Gasteiger partial charge in [0.25, 0.3) is 0 Å². The summed E-state index contributed by atoms with van der Waals surface area (Å²) in [6, 6.07) is 0. The number of likely N-dealkylation sites (N-methyl/N-ethyl adjacent to an activating group) is 1. The Balaban J connectivity index is 5.01. The van der Waals surface area contributed by atoms with Gasteiger partial charge in [-0.15, -0.1) is 0 Å². The molecular formula is C11H22NO7P. The number of aliphatic hydroxyl groups excluding tert-OH is 2. The fourth-order valence-corrected chi connectivity index (χ4v) is 2.25. The monoisotopic (exact) mass is 311 g/mol. The fraction of sp³-hybridized carbons (Fsp3) is 0.727. The Morgan fingerprint density at radius 1 is 1.45 bits per heavy atom. The number of phosphoric ester groups is 1. The van der Waals surface area contributed by atoms with E-state index >= 15 is 0 Å². The van der Waals surface area contributed by atoms with E-state index in [2.05, 4.69) is 11.1 Å². The van der Waals surface area contributed by atoms with Crippen molar-refractivity contribution in [1.29, 1.82) is 0 Å². The standard InChI is InChI=1S/C11H22NO7P/c1-6-10(14)19-20(16,17)18-9(7-12(3,4)5)11(15)8(2)13/h6,8-9,11,13,15H,1,7H2,2-5H3. The number of rotatable bonds is 8. The lowest BCUT2D eigenvalue weighted by molar-refractivity contribution is -0.873. The maximum atomic E-state index is 11.5. The summed E-state index contributed by atoms with van der Waals surface area (Å²) >= 11 is 0. The van der Waals surface area contributed by atoms with Crippen LogP contribution in [0.1, 0.15) is 6.92 Å². The summed E-state index contributed by atoms with van der Waals surface area (Å²) in [7, 11) is 0.287. The van der Waals surface area contributed by atoms with Crippen LogP contribution < -0.4 is 4.89 Å². The molecule has 118 valence electrons. The maximum absolute atomic E-state index is 11.5. The molecule has 2 N–H and O–H groups in total. The van der Waals surface area contributed by atoms with Crippen molar-refractivity contribution in [2.75, 3.05) is 27.7 Å². The Hall–Kier alpha value is -0.760. The van der Waals surface area contributed by atoms with Gasteiger partial charge in [0.2, 0.25) is 0 Å². The highest BCUT2D eigenvalue weighted by molar-refractivity contribution is 7.46. The van der Waals surface area contributed by atoms with Crippen molar-refractivity contribution in [1.82, 2.24) is 0 Å². The average molecular weight is 311 g/mol.